The average molecular weight is 260 g/mol. The lowest BCUT2D eigenvalue weighted by Crippen LogP contribution is -2.30. The molecule has 1 unspecified atom stereocenters. The Bertz CT molecular complexity index is 601. The van der Waals surface area contributed by atoms with E-state index < -0.39 is 11.7 Å². The second-order valence-electron chi connectivity index (χ2n) is 4.34. The SMILES string of the molecule is CC1CC(=O)N(c2ccc(C#CCN)cc2F)C1=O. The Labute approximate surface area is 110 Å². The van der Waals surface area contributed by atoms with Crippen molar-refractivity contribution in [3.63, 3.8) is 0 Å². The predicted octanol–water partition coefficient (Wildman–Crippen LogP) is 1.04. The molecule has 2 rings (SSSR count). The minimum Gasteiger partial charge on any atom is -0.320 e. The van der Waals surface area contributed by atoms with Crippen molar-refractivity contribution in [2.75, 3.05) is 11.4 Å². The number of benzene rings is 1. The molecular weight excluding hydrogens is 247 g/mol. The van der Waals surface area contributed by atoms with Crippen molar-refractivity contribution in [3.8, 4) is 11.8 Å². The van der Waals surface area contributed by atoms with Crippen molar-refractivity contribution in [2.24, 2.45) is 11.7 Å². The van der Waals surface area contributed by atoms with Crippen LogP contribution in [0.25, 0.3) is 0 Å². The van der Waals surface area contributed by atoms with Crippen molar-refractivity contribution >= 4 is 17.5 Å². The van der Waals surface area contributed by atoms with Crippen molar-refractivity contribution in [1.82, 2.24) is 0 Å². The molecule has 4 nitrogen and oxygen atoms in total. The van der Waals surface area contributed by atoms with Crippen molar-refractivity contribution in [3.05, 3.63) is 29.6 Å². The average Bonchev–Trinajstić information content (AvgIpc) is 2.62. The summed E-state index contributed by atoms with van der Waals surface area (Å²) < 4.78 is 14.0. The second kappa shape index (κ2) is 5.21. The van der Waals surface area contributed by atoms with Gasteiger partial charge in [0.1, 0.15) is 5.82 Å². The van der Waals surface area contributed by atoms with Crippen LogP contribution in [0.4, 0.5) is 10.1 Å². The number of carbonyl (C=O) groups is 2. The normalized spacial score (nSPS) is 18.5. The van der Waals surface area contributed by atoms with Gasteiger partial charge < -0.3 is 5.73 Å². The molecule has 0 aliphatic carbocycles. The van der Waals surface area contributed by atoms with E-state index in [0.717, 1.165) is 4.90 Å². The van der Waals surface area contributed by atoms with E-state index in [0.29, 0.717) is 5.56 Å². The first-order valence-corrected chi connectivity index (χ1v) is 5.90. The third-order valence-corrected chi connectivity index (χ3v) is 2.90. The van der Waals surface area contributed by atoms with Gasteiger partial charge >= 0.3 is 0 Å². The summed E-state index contributed by atoms with van der Waals surface area (Å²) in [5, 5.41) is 0. The van der Waals surface area contributed by atoms with Crippen molar-refractivity contribution in [1.29, 1.82) is 0 Å². The van der Waals surface area contributed by atoms with Gasteiger partial charge in [-0.25, -0.2) is 9.29 Å². The quantitative estimate of drug-likeness (QED) is 0.606. The lowest BCUT2D eigenvalue weighted by Gasteiger charge is -2.15. The minimum absolute atomic E-state index is 0.0161. The summed E-state index contributed by atoms with van der Waals surface area (Å²) in [5.41, 5.74) is 5.67. The van der Waals surface area contributed by atoms with Crippen LogP contribution < -0.4 is 10.6 Å². The Hall–Kier alpha value is -2.19. The van der Waals surface area contributed by atoms with E-state index in [1.165, 1.54) is 12.1 Å². The Morgan fingerprint density at radius 2 is 2.21 bits per heavy atom. The van der Waals surface area contributed by atoms with E-state index >= 15 is 0 Å². The van der Waals surface area contributed by atoms with Gasteiger partial charge in [-0.3, -0.25) is 9.59 Å². The zero-order valence-corrected chi connectivity index (χ0v) is 10.4. The van der Waals surface area contributed by atoms with Gasteiger partial charge in [-0.1, -0.05) is 18.8 Å². The van der Waals surface area contributed by atoms with Crippen LogP contribution in [0.15, 0.2) is 18.2 Å². The van der Waals surface area contributed by atoms with Crippen LogP contribution in [-0.2, 0) is 9.59 Å². The maximum absolute atomic E-state index is 14.0. The standard InChI is InChI=1S/C14H13FN2O2/c1-9-7-13(18)17(14(9)19)12-5-4-10(3-2-6-16)8-11(12)15/h4-5,8-9H,6-7,16H2,1H3. The molecule has 1 aromatic rings. The van der Waals surface area contributed by atoms with Gasteiger partial charge in [0, 0.05) is 17.9 Å². The number of halogens is 1. The molecule has 0 radical (unpaired) electrons. The minimum atomic E-state index is -0.639. The number of nitrogens with zero attached hydrogens (tertiary/aromatic N) is 1. The molecule has 2 amide bonds. The topological polar surface area (TPSA) is 63.4 Å². The highest BCUT2D eigenvalue weighted by Gasteiger charge is 2.37. The Morgan fingerprint density at radius 1 is 1.47 bits per heavy atom. The number of amides is 2. The number of hydrogen-bond donors (Lipinski definition) is 1. The summed E-state index contributed by atoms with van der Waals surface area (Å²) in [5.74, 6) is 3.51. The molecule has 5 heteroatoms. The summed E-state index contributed by atoms with van der Waals surface area (Å²) in [7, 11) is 0. The van der Waals surface area contributed by atoms with Crippen molar-refractivity contribution < 1.29 is 14.0 Å². The molecule has 19 heavy (non-hydrogen) atoms. The molecule has 0 bridgehead atoms. The number of nitrogens with two attached hydrogens (primary N) is 1. The van der Waals surface area contributed by atoms with Gasteiger partial charge in [0.05, 0.1) is 12.2 Å². The number of hydrogen-bond acceptors (Lipinski definition) is 3. The molecule has 0 saturated carbocycles. The Morgan fingerprint density at radius 3 is 2.74 bits per heavy atom. The van der Waals surface area contributed by atoms with Crippen LogP contribution in [0.1, 0.15) is 18.9 Å². The smallest absolute Gasteiger partial charge is 0.237 e. The monoisotopic (exact) mass is 260 g/mol. The van der Waals surface area contributed by atoms with Crippen LogP contribution in [0.2, 0.25) is 0 Å². The highest BCUT2D eigenvalue weighted by Crippen LogP contribution is 2.28. The van der Waals surface area contributed by atoms with Gasteiger partial charge in [-0.05, 0) is 18.2 Å². The predicted molar refractivity (Wildman–Crippen MR) is 68.6 cm³/mol. The molecule has 2 N–H and O–H groups in total. The van der Waals surface area contributed by atoms with Crippen LogP contribution in [0.3, 0.4) is 0 Å². The zero-order chi connectivity index (χ0) is 14.0. The van der Waals surface area contributed by atoms with Crippen molar-refractivity contribution in [2.45, 2.75) is 13.3 Å². The van der Waals surface area contributed by atoms with Gasteiger partial charge in [0.15, 0.2) is 0 Å². The van der Waals surface area contributed by atoms with Crippen LogP contribution in [-0.4, -0.2) is 18.4 Å². The molecule has 1 aliphatic heterocycles. The second-order valence-corrected chi connectivity index (χ2v) is 4.34. The number of imide groups is 1. The van der Waals surface area contributed by atoms with E-state index in [4.69, 9.17) is 5.73 Å². The highest BCUT2D eigenvalue weighted by atomic mass is 19.1. The molecule has 1 aromatic carbocycles. The maximum Gasteiger partial charge on any atom is 0.237 e. The molecular formula is C14H13FN2O2. The zero-order valence-electron chi connectivity index (χ0n) is 10.4. The van der Waals surface area contributed by atoms with Crippen LogP contribution in [0, 0.1) is 23.6 Å². The summed E-state index contributed by atoms with van der Waals surface area (Å²) >= 11 is 0. The van der Waals surface area contributed by atoms with Gasteiger partial charge in [-0.2, -0.15) is 0 Å². The fourth-order valence-electron chi connectivity index (χ4n) is 1.96. The molecule has 98 valence electrons. The third-order valence-electron chi connectivity index (χ3n) is 2.90. The summed E-state index contributed by atoms with van der Waals surface area (Å²) in [6, 6.07) is 4.15. The van der Waals surface area contributed by atoms with E-state index in [-0.39, 0.29) is 30.5 Å². The fourth-order valence-corrected chi connectivity index (χ4v) is 1.96. The largest absolute Gasteiger partial charge is 0.320 e. The van der Waals surface area contributed by atoms with Crippen LogP contribution >= 0.6 is 0 Å². The van der Waals surface area contributed by atoms with Gasteiger partial charge in [-0.15, -0.1) is 0 Å². The van der Waals surface area contributed by atoms with E-state index in [1.807, 2.05) is 0 Å². The molecule has 1 saturated heterocycles. The lowest BCUT2D eigenvalue weighted by molar-refractivity contribution is -0.122. The van der Waals surface area contributed by atoms with Gasteiger partial charge in [0.25, 0.3) is 0 Å². The lowest BCUT2D eigenvalue weighted by atomic mass is 10.1. The number of rotatable bonds is 1. The molecule has 0 spiro atoms. The van der Waals surface area contributed by atoms with E-state index in [1.54, 1.807) is 13.0 Å². The summed E-state index contributed by atoms with van der Waals surface area (Å²) in [4.78, 5) is 24.4. The Balaban J connectivity index is 2.36. The summed E-state index contributed by atoms with van der Waals surface area (Å²) in [6.45, 7) is 1.84. The van der Waals surface area contributed by atoms with Gasteiger partial charge in [0.2, 0.25) is 11.8 Å². The molecule has 1 aliphatic rings. The fraction of sp³-hybridized carbons (Fsp3) is 0.286. The number of anilines is 1. The maximum atomic E-state index is 14.0. The van der Waals surface area contributed by atoms with E-state index in [9.17, 15) is 14.0 Å². The number of carbonyl (C=O) groups excluding carboxylic acids is 2. The first kappa shape index (κ1) is 13.2. The molecule has 1 atom stereocenters. The first-order valence-electron chi connectivity index (χ1n) is 5.90. The third kappa shape index (κ3) is 2.49. The molecule has 1 fully saturated rings. The summed E-state index contributed by atoms with van der Waals surface area (Å²) in [6.07, 6.45) is 0.118. The first-order chi connectivity index (χ1) is 9.04. The highest BCUT2D eigenvalue weighted by molar-refractivity contribution is 6.20. The van der Waals surface area contributed by atoms with Crippen LogP contribution in [0.5, 0.6) is 0 Å². The molecule has 1 heterocycles. The molecule has 0 aromatic heterocycles. The van der Waals surface area contributed by atoms with E-state index in [2.05, 4.69) is 11.8 Å². The Kier molecular flexibility index (Phi) is 3.63.